The largest absolute Gasteiger partial charge is 0.377 e. The van der Waals surface area contributed by atoms with Crippen LogP contribution in [0.5, 0.6) is 0 Å². The van der Waals surface area contributed by atoms with Gasteiger partial charge in [-0.15, -0.1) is 0 Å². The fraction of sp³-hybridized carbons (Fsp3) is 0.541. The van der Waals surface area contributed by atoms with Gasteiger partial charge in [-0.3, -0.25) is 9.69 Å². The molecule has 2 bridgehead atoms. The quantitative estimate of drug-likeness (QED) is 0.339. The van der Waals surface area contributed by atoms with Crippen LogP contribution in [0.3, 0.4) is 0 Å². The summed E-state index contributed by atoms with van der Waals surface area (Å²) in [4.78, 5) is 50.1. The van der Waals surface area contributed by atoms with Crippen LogP contribution in [0.1, 0.15) is 62.7 Å². The van der Waals surface area contributed by atoms with Crippen molar-refractivity contribution < 1.29 is 14.3 Å². The predicted molar refractivity (Wildman–Crippen MR) is 190 cm³/mol. The van der Waals surface area contributed by atoms with Crippen LogP contribution in [-0.2, 0) is 4.74 Å². The zero-order valence-electron chi connectivity index (χ0n) is 28.6. The number of hydrogen-bond acceptors (Lipinski definition) is 9. The van der Waals surface area contributed by atoms with Crippen molar-refractivity contribution in [3.05, 3.63) is 54.1 Å². The standard InChI is InChI=1S/C37H47N9O3/c1-24-3-4-25(2)45(24)35-40-33(41-36(42-35)46-31-15-16-32(46)23-49-22-31)27-7-11-29(12-8-27)38-37(48)39-30-13-9-28(10-14-30)34(47)44-19-17-43(18-20-44)21-26-5-6-26/h7-14,24-26,31-32H,3-6,15-23H2,1-2H3,(H2,38,39,48). The van der Waals surface area contributed by atoms with E-state index in [1.54, 1.807) is 24.3 Å². The first kappa shape index (κ1) is 31.9. The molecule has 49 heavy (non-hydrogen) atoms. The molecule has 1 aliphatic carbocycles. The number of piperazine rings is 1. The van der Waals surface area contributed by atoms with Gasteiger partial charge in [0.15, 0.2) is 5.82 Å². The topological polar surface area (TPSA) is 119 Å². The van der Waals surface area contributed by atoms with E-state index in [1.165, 1.54) is 19.4 Å². The number of morpholine rings is 1. The van der Waals surface area contributed by atoms with Crippen LogP contribution in [0.4, 0.5) is 28.1 Å². The molecule has 4 unspecified atom stereocenters. The van der Waals surface area contributed by atoms with E-state index in [1.807, 2.05) is 29.2 Å². The number of ether oxygens (including phenoxy) is 1. The molecule has 0 spiro atoms. The van der Waals surface area contributed by atoms with E-state index < -0.39 is 0 Å². The third kappa shape index (κ3) is 6.94. The summed E-state index contributed by atoms with van der Waals surface area (Å²) in [5.41, 5.74) is 2.77. The second-order valence-electron chi connectivity index (χ2n) is 14.5. The first-order valence-electron chi connectivity index (χ1n) is 18.1. The lowest BCUT2D eigenvalue weighted by Crippen LogP contribution is -2.49. The Bertz CT molecular complexity index is 1630. The molecule has 3 amide bonds. The highest BCUT2D eigenvalue weighted by Crippen LogP contribution is 2.36. The number of nitrogens with zero attached hydrogens (tertiary/aromatic N) is 7. The molecular formula is C37H47N9O3. The Hall–Kier alpha value is -4.29. The average Bonchev–Trinajstić information content (AvgIpc) is 3.82. The number of anilines is 4. The Morgan fingerprint density at radius 3 is 1.88 bits per heavy atom. The van der Waals surface area contributed by atoms with Crippen molar-refractivity contribution in [3.63, 3.8) is 0 Å². The second-order valence-corrected chi connectivity index (χ2v) is 14.5. The van der Waals surface area contributed by atoms with Crippen LogP contribution in [-0.4, -0.2) is 107 Å². The highest BCUT2D eigenvalue weighted by molar-refractivity contribution is 6.00. The molecule has 3 aromatic rings. The van der Waals surface area contributed by atoms with Crippen LogP contribution in [0.25, 0.3) is 11.4 Å². The zero-order valence-corrected chi connectivity index (χ0v) is 28.6. The SMILES string of the molecule is CC1CCC(C)N1c1nc(-c2ccc(NC(=O)Nc3ccc(C(=O)N4CCN(CC5CC5)CC4)cc3)cc2)nc(N2C3CCC2COC3)n1. The Labute approximate surface area is 288 Å². The number of amides is 3. The molecule has 2 N–H and O–H groups in total. The molecule has 5 heterocycles. The Kier molecular flexibility index (Phi) is 8.83. The third-order valence-electron chi connectivity index (χ3n) is 10.9. The maximum Gasteiger partial charge on any atom is 0.323 e. The van der Waals surface area contributed by atoms with Crippen molar-refractivity contribution in [2.45, 2.75) is 76.5 Å². The van der Waals surface area contributed by atoms with Gasteiger partial charge in [0, 0.05) is 67.3 Å². The molecule has 5 fully saturated rings. The summed E-state index contributed by atoms with van der Waals surface area (Å²) in [5.74, 6) is 2.99. The van der Waals surface area contributed by atoms with Gasteiger partial charge in [0.25, 0.3) is 5.91 Å². The van der Waals surface area contributed by atoms with Gasteiger partial charge in [0.1, 0.15) is 0 Å². The summed E-state index contributed by atoms with van der Waals surface area (Å²) in [6.45, 7) is 10.4. The van der Waals surface area contributed by atoms with E-state index in [0.29, 0.717) is 48.1 Å². The Morgan fingerprint density at radius 1 is 0.714 bits per heavy atom. The highest BCUT2D eigenvalue weighted by atomic mass is 16.5. The number of carbonyl (C=O) groups is 2. The molecule has 12 heteroatoms. The van der Waals surface area contributed by atoms with Crippen LogP contribution in [0.15, 0.2) is 48.5 Å². The smallest absolute Gasteiger partial charge is 0.323 e. The van der Waals surface area contributed by atoms with E-state index in [4.69, 9.17) is 19.7 Å². The predicted octanol–water partition coefficient (Wildman–Crippen LogP) is 5.10. The third-order valence-corrected chi connectivity index (χ3v) is 10.9. The molecule has 2 aromatic carbocycles. The normalized spacial score (nSPS) is 25.5. The molecule has 0 radical (unpaired) electrons. The van der Waals surface area contributed by atoms with Crippen molar-refractivity contribution in [1.29, 1.82) is 0 Å². The van der Waals surface area contributed by atoms with Gasteiger partial charge in [-0.25, -0.2) is 4.79 Å². The lowest BCUT2D eigenvalue weighted by molar-refractivity contribution is 0.0632. The minimum absolute atomic E-state index is 0.0429. The lowest BCUT2D eigenvalue weighted by Gasteiger charge is -2.35. The number of hydrogen-bond donors (Lipinski definition) is 2. The number of carbonyl (C=O) groups excluding carboxylic acids is 2. The Balaban J connectivity index is 0.913. The van der Waals surface area contributed by atoms with Crippen LogP contribution in [0, 0.1) is 5.92 Å². The van der Waals surface area contributed by atoms with Gasteiger partial charge in [-0.1, -0.05) is 0 Å². The van der Waals surface area contributed by atoms with E-state index >= 15 is 0 Å². The maximum absolute atomic E-state index is 13.1. The minimum atomic E-state index is -0.358. The molecule has 4 atom stereocenters. The van der Waals surface area contributed by atoms with Gasteiger partial charge < -0.3 is 30.1 Å². The van der Waals surface area contributed by atoms with Gasteiger partial charge >= 0.3 is 6.03 Å². The van der Waals surface area contributed by atoms with Crippen LogP contribution in [0.2, 0.25) is 0 Å². The van der Waals surface area contributed by atoms with Gasteiger partial charge in [0.2, 0.25) is 11.9 Å². The molecule has 12 nitrogen and oxygen atoms in total. The number of aromatic nitrogens is 3. The fourth-order valence-corrected chi connectivity index (χ4v) is 7.93. The number of urea groups is 1. The van der Waals surface area contributed by atoms with Crippen molar-refractivity contribution >= 4 is 35.2 Å². The van der Waals surface area contributed by atoms with Crippen LogP contribution >= 0.6 is 0 Å². The van der Waals surface area contributed by atoms with E-state index in [-0.39, 0.29) is 24.0 Å². The average molecular weight is 666 g/mol. The van der Waals surface area contributed by atoms with Crippen molar-refractivity contribution in [1.82, 2.24) is 24.8 Å². The molecule has 4 aliphatic heterocycles. The van der Waals surface area contributed by atoms with Crippen molar-refractivity contribution in [2.75, 3.05) is 66.4 Å². The first-order chi connectivity index (χ1) is 23.9. The Morgan fingerprint density at radius 2 is 1.29 bits per heavy atom. The van der Waals surface area contributed by atoms with Crippen molar-refractivity contribution in [3.8, 4) is 11.4 Å². The maximum atomic E-state index is 13.1. The summed E-state index contributed by atoms with van der Waals surface area (Å²) in [7, 11) is 0. The second kappa shape index (κ2) is 13.5. The number of rotatable bonds is 8. The number of nitrogens with one attached hydrogen (secondary N) is 2. The first-order valence-corrected chi connectivity index (χ1v) is 18.1. The van der Waals surface area contributed by atoms with Gasteiger partial charge in [0.05, 0.1) is 25.3 Å². The van der Waals surface area contributed by atoms with Gasteiger partial charge in [-0.05, 0) is 107 Å². The molecule has 1 saturated carbocycles. The minimum Gasteiger partial charge on any atom is -0.377 e. The summed E-state index contributed by atoms with van der Waals surface area (Å²) in [5, 5.41) is 5.80. The monoisotopic (exact) mass is 665 g/mol. The zero-order chi connectivity index (χ0) is 33.5. The van der Waals surface area contributed by atoms with E-state index in [0.717, 1.165) is 75.2 Å². The van der Waals surface area contributed by atoms with Gasteiger partial charge in [-0.2, -0.15) is 15.0 Å². The molecule has 1 aromatic heterocycles. The fourth-order valence-electron chi connectivity index (χ4n) is 7.93. The summed E-state index contributed by atoms with van der Waals surface area (Å²) in [6, 6.07) is 15.7. The molecule has 8 rings (SSSR count). The number of fused-ring (bicyclic) bond motifs is 2. The lowest BCUT2D eigenvalue weighted by atomic mass is 10.1. The van der Waals surface area contributed by atoms with Crippen LogP contribution < -0.4 is 20.4 Å². The summed E-state index contributed by atoms with van der Waals surface area (Å²) in [6.07, 6.45) is 7.09. The molecule has 258 valence electrons. The van der Waals surface area contributed by atoms with Crippen molar-refractivity contribution in [2.24, 2.45) is 5.92 Å². The van der Waals surface area contributed by atoms with E-state index in [2.05, 4.69) is 39.2 Å². The molecular weight excluding hydrogens is 618 g/mol. The molecule has 5 aliphatic rings. The van der Waals surface area contributed by atoms with E-state index in [9.17, 15) is 9.59 Å². The summed E-state index contributed by atoms with van der Waals surface area (Å²) < 4.78 is 5.84. The summed E-state index contributed by atoms with van der Waals surface area (Å²) >= 11 is 0. The highest BCUT2D eigenvalue weighted by Gasteiger charge is 2.40. The molecule has 4 saturated heterocycles. The number of benzene rings is 2.